The van der Waals surface area contributed by atoms with Gasteiger partial charge in [0.25, 0.3) is 11.8 Å². The number of carboxylic acid groups (broad SMARTS) is 1. The highest BCUT2D eigenvalue weighted by molar-refractivity contribution is 8.00. The third-order valence-electron chi connectivity index (χ3n) is 6.13. The molecule has 1 saturated heterocycles. The second kappa shape index (κ2) is 10.4. The van der Waals surface area contributed by atoms with Gasteiger partial charge in [-0.1, -0.05) is 5.16 Å². The van der Waals surface area contributed by atoms with Crippen molar-refractivity contribution in [2.24, 2.45) is 12.2 Å². The Morgan fingerprint density at radius 1 is 1.38 bits per heavy atom. The fourth-order valence-electron chi connectivity index (χ4n) is 4.31. The molecule has 5 N–H and O–H groups in total. The fourth-order valence-corrected chi connectivity index (χ4v) is 6.19. The van der Waals surface area contributed by atoms with Gasteiger partial charge in [0.15, 0.2) is 29.8 Å². The monoisotopic (exact) mass is 569 g/mol. The van der Waals surface area contributed by atoms with Gasteiger partial charge in [0.1, 0.15) is 35.7 Å². The Bertz CT molecular complexity index is 1530. The van der Waals surface area contributed by atoms with E-state index in [0.717, 1.165) is 21.8 Å². The molecule has 3 aromatic rings. The molecule has 5 heterocycles. The summed E-state index contributed by atoms with van der Waals surface area (Å²) in [5.41, 5.74) is 13.4. The van der Waals surface area contributed by atoms with Crippen LogP contribution >= 0.6 is 23.1 Å². The zero-order valence-electron chi connectivity index (χ0n) is 20.7. The maximum Gasteiger partial charge on any atom is 0.276 e. The molecule has 14 nitrogen and oxygen atoms in total. The van der Waals surface area contributed by atoms with E-state index in [2.05, 4.69) is 20.6 Å². The number of aryl methyl sites for hydroxylation is 1. The predicted molar refractivity (Wildman–Crippen MR) is 140 cm³/mol. The van der Waals surface area contributed by atoms with Crippen molar-refractivity contribution >= 4 is 57.5 Å². The standard InChI is InChI=1S/C23H23N9O5S2/c1-30-15(24)6-13(28-30)11-4-3-5-31(7-11)8-12-9-38-21-17(20(34)32(21)18(12)22(35)36)27-19(33)16(29-37-2)14-10-39-23(25)26-14/h3-7,10,17,21H,8-9H2,1-2H3,(H5-,24,25,26,27,28,33,35,36)/b29-16-/t17-,21-/m1/s1. The lowest BCUT2D eigenvalue weighted by atomic mass is 10.0. The van der Waals surface area contributed by atoms with Crippen molar-refractivity contribution in [3.8, 4) is 11.3 Å². The minimum absolute atomic E-state index is 0.153. The molecule has 1 fully saturated rings. The minimum Gasteiger partial charge on any atom is -0.543 e. The van der Waals surface area contributed by atoms with Crippen molar-refractivity contribution in [1.29, 1.82) is 0 Å². The summed E-state index contributed by atoms with van der Waals surface area (Å²) in [6, 6.07) is 4.45. The Morgan fingerprint density at radius 2 is 2.18 bits per heavy atom. The largest absolute Gasteiger partial charge is 0.543 e. The van der Waals surface area contributed by atoms with Crippen LogP contribution in [0.4, 0.5) is 10.9 Å². The molecule has 0 bridgehead atoms. The zero-order chi connectivity index (χ0) is 27.8. The molecule has 2 aliphatic rings. The number of carboxylic acids is 1. The van der Waals surface area contributed by atoms with Crippen molar-refractivity contribution < 1.29 is 28.9 Å². The number of aromatic nitrogens is 4. The molecule has 2 amide bonds. The lowest BCUT2D eigenvalue weighted by Gasteiger charge is -2.50. The molecule has 39 heavy (non-hydrogen) atoms. The van der Waals surface area contributed by atoms with Crippen LogP contribution < -0.4 is 26.5 Å². The summed E-state index contributed by atoms with van der Waals surface area (Å²) in [5, 5.41) is 24.0. The molecule has 0 unspecified atom stereocenters. The number of nitrogens with one attached hydrogen (secondary N) is 1. The first-order valence-corrected chi connectivity index (χ1v) is 13.4. The van der Waals surface area contributed by atoms with E-state index in [9.17, 15) is 19.5 Å². The van der Waals surface area contributed by atoms with Crippen LogP contribution in [0.15, 0.2) is 52.4 Å². The molecule has 202 valence electrons. The average molecular weight is 570 g/mol. The summed E-state index contributed by atoms with van der Waals surface area (Å²) in [5.74, 6) is -1.93. The first-order chi connectivity index (χ1) is 18.7. The lowest BCUT2D eigenvalue weighted by molar-refractivity contribution is -0.688. The highest BCUT2D eigenvalue weighted by atomic mass is 32.2. The number of nitrogens with zero attached hydrogens (tertiary/aromatic N) is 6. The van der Waals surface area contributed by atoms with E-state index < -0.39 is 29.2 Å². The average Bonchev–Trinajstić information content (AvgIpc) is 3.49. The first kappa shape index (κ1) is 26.2. The highest BCUT2D eigenvalue weighted by Gasteiger charge is 2.53. The summed E-state index contributed by atoms with van der Waals surface area (Å²) in [6.07, 6.45) is 3.61. The van der Waals surface area contributed by atoms with Gasteiger partial charge < -0.3 is 31.5 Å². The third kappa shape index (κ3) is 4.90. The van der Waals surface area contributed by atoms with Crippen molar-refractivity contribution in [2.75, 3.05) is 24.3 Å². The maximum absolute atomic E-state index is 13.1. The van der Waals surface area contributed by atoms with Crippen LogP contribution in [0.1, 0.15) is 5.69 Å². The highest BCUT2D eigenvalue weighted by Crippen LogP contribution is 2.40. The summed E-state index contributed by atoms with van der Waals surface area (Å²) < 4.78 is 3.36. The van der Waals surface area contributed by atoms with Crippen LogP contribution in [0.2, 0.25) is 0 Å². The number of carbonyl (C=O) groups is 3. The van der Waals surface area contributed by atoms with Crippen molar-refractivity contribution in [3.63, 3.8) is 0 Å². The van der Waals surface area contributed by atoms with Crippen molar-refractivity contribution in [3.05, 3.63) is 52.9 Å². The quantitative estimate of drug-likeness (QED) is 0.124. The molecule has 16 heteroatoms. The Balaban J connectivity index is 1.35. The molecule has 3 aromatic heterocycles. The number of fused-ring (bicyclic) bond motifs is 1. The van der Waals surface area contributed by atoms with Gasteiger partial charge in [-0.3, -0.25) is 19.2 Å². The number of carbonyl (C=O) groups excluding carboxylic acids is 3. The van der Waals surface area contributed by atoms with Crippen LogP contribution in [0, 0.1) is 0 Å². The number of thiazole rings is 1. The van der Waals surface area contributed by atoms with E-state index in [1.54, 1.807) is 28.6 Å². The van der Waals surface area contributed by atoms with E-state index in [1.165, 1.54) is 24.3 Å². The van der Waals surface area contributed by atoms with E-state index >= 15 is 0 Å². The fraction of sp³-hybridized carbons (Fsp3) is 0.261. The Kier molecular flexibility index (Phi) is 6.96. The van der Waals surface area contributed by atoms with Gasteiger partial charge in [0, 0.05) is 35.9 Å². The number of anilines is 2. The number of oxime groups is 1. The topological polar surface area (TPSA) is 198 Å². The molecule has 0 radical (unpaired) electrons. The lowest BCUT2D eigenvalue weighted by Crippen LogP contribution is -2.71. The van der Waals surface area contributed by atoms with E-state index in [4.69, 9.17) is 16.3 Å². The molecule has 2 aliphatic heterocycles. The Hall–Kier alpha value is -4.44. The SMILES string of the molecule is CO/N=C(\C(=O)N[C@@H]1C(=O)N2C(C(=O)[O-])=C(C[n+]3cccc(-c4cc(N)n(C)n4)c3)CS[C@H]12)c1csc(N)n1. The van der Waals surface area contributed by atoms with Gasteiger partial charge >= 0.3 is 0 Å². The zero-order valence-corrected chi connectivity index (χ0v) is 22.4. The number of β-lactam (4-membered cyclic amide) rings is 1. The number of aliphatic carboxylic acids is 1. The predicted octanol–water partition coefficient (Wildman–Crippen LogP) is -1.55. The van der Waals surface area contributed by atoms with Crippen LogP contribution in [0.25, 0.3) is 11.3 Å². The van der Waals surface area contributed by atoms with Gasteiger partial charge in [0.2, 0.25) is 0 Å². The number of thioether (sulfide) groups is 1. The molecule has 0 aromatic carbocycles. The maximum atomic E-state index is 13.1. The number of amides is 2. The number of nitrogen functional groups attached to an aromatic ring is 2. The van der Waals surface area contributed by atoms with Crippen molar-refractivity contribution in [1.82, 2.24) is 25.0 Å². The second-order valence-electron chi connectivity index (χ2n) is 8.64. The van der Waals surface area contributed by atoms with Gasteiger partial charge in [-0.15, -0.1) is 23.1 Å². The van der Waals surface area contributed by atoms with E-state index in [-0.39, 0.29) is 28.8 Å². The summed E-state index contributed by atoms with van der Waals surface area (Å²) in [6.45, 7) is 0.204. The molecule has 2 atom stereocenters. The number of pyridine rings is 1. The van der Waals surface area contributed by atoms with Gasteiger partial charge in [-0.25, -0.2) is 9.55 Å². The van der Waals surface area contributed by atoms with Crippen LogP contribution in [-0.2, 0) is 32.8 Å². The number of nitrogens with two attached hydrogens (primary N) is 2. The third-order valence-corrected chi connectivity index (χ3v) is 8.15. The smallest absolute Gasteiger partial charge is 0.276 e. The molecule has 0 aliphatic carbocycles. The van der Waals surface area contributed by atoms with Crippen LogP contribution in [0.5, 0.6) is 0 Å². The van der Waals surface area contributed by atoms with Crippen LogP contribution in [0.3, 0.4) is 0 Å². The number of hydrogen-bond acceptors (Lipinski definition) is 12. The van der Waals surface area contributed by atoms with Gasteiger partial charge in [-0.2, -0.15) is 5.10 Å². The Labute approximate surface area is 229 Å². The number of rotatable bonds is 8. The molecule has 0 spiro atoms. The molecular weight excluding hydrogens is 546 g/mol. The summed E-state index contributed by atoms with van der Waals surface area (Å²) in [4.78, 5) is 48.1. The minimum atomic E-state index is -1.47. The summed E-state index contributed by atoms with van der Waals surface area (Å²) in [7, 11) is 3.01. The molecular formula is C23H23N9O5S2. The van der Waals surface area contributed by atoms with Crippen LogP contribution in [-0.4, -0.2) is 67.4 Å². The summed E-state index contributed by atoms with van der Waals surface area (Å²) >= 11 is 2.46. The molecule has 5 rings (SSSR count). The van der Waals surface area contributed by atoms with E-state index in [1.807, 2.05) is 18.3 Å². The molecule has 0 saturated carbocycles. The Morgan fingerprint density at radius 3 is 2.82 bits per heavy atom. The first-order valence-electron chi connectivity index (χ1n) is 11.5. The van der Waals surface area contributed by atoms with E-state index in [0.29, 0.717) is 22.8 Å². The van der Waals surface area contributed by atoms with Gasteiger partial charge in [-0.05, 0) is 6.07 Å². The number of hydrogen-bond donors (Lipinski definition) is 3. The van der Waals surface area contributed by atoms with Gasteiger partial charge in [0.05, 0.1) is 17.2 Å². The van der Waals surface area contributed by atoms with Crippen molar-refractivity contribution in [2.45, 2.75) is 18.0 Å². The second-order valence-corrected chi connectivity index (χ2v) is 10.6. The normalized spacial score (nSPS) is 19.0.